The van der Waals surface area contributed by atoms with Gasteiger partial charge in [-0.05, 0) is 36.4 Å². The summed E-state index contributed by atoms with van der Waals surface area (Å²) < 4.78 is 26.8. The first-order chi connectivity index (χ1) is 10.1. The van der Waals surface area contributed by atoms with Crippen molar-refractivity contribution in [3.8, 4) is 11.4 Å². The van der Waals surface area contributed by atoms with Crippen molar-refractivity contribution in [2.45, 2.75) is 4.90 Å². The highest BCUT2D eigenvalue weighted by atomic mass is 32.2. The first-order valence-corrected chi connectivity index (χ1v) is 7.66. The van der Waals surface area contributed by atoms with Gasteiger partial charge in [0.1, 0.15) is 10.7 Å². The van der Waals surface area contributed by atoms with Gasteiger partial charge in [-0.25, -0.2) is 13.4 Å². The van der Waals surface area contributed by atoms with Gasteiger partial charge < -0.3 is 4.98 Å². The molecular formula is C14H12N4O2S. The van der Waals surface area contributed by atoms with E-state index in [1.807, 2.05) is 0 Å². The molecule has 2 aromatic heterocycles. The molecule has 0 aliphatic rings. The highest BCUT2D eigenvalue weighted by Gasteiger charge is 2.13. The Bertz CT molecular complexity index is 813. The average Bonchev–Trinajstić information content (AvgIpc) is 3.03. The minimum Gasteiger partial charge on any atom is -0.345 e. The molecule has 2 heterocycles. The van der Waals surface area contributed by atoms with Crippen molar-refractivity contribution in [1.29, 1.82) is 0 Å². The lowest BCUT2D eigenvalue weighted by atomic mass is 10.2. The number of hydrogen-bond acceptors (Lipinski definition) is 4. The van der Waals surface area contributed by atoms with Crippen LogP contribution in [0.1, 0.15) is 0 Å². The maximum atomic E-state index is 12.1. The normalized spacial score (nSPS) is 11.2. The molecular weight excluding hydrogens is 288 g/mol. The quantitative estimate of drug-likeness (QED) is 0.773. The highest BCUT2D eigenvalue weighted by molar-refractivity contribution is 7.92. The molecule has 21 heavy (non-hydrogen) atoms. The fraction of sp³-hybridized carbons (Fsp3) is 0. The summed E-state index contributed by atoms with van der Waals surface area (Å²) in [6.07, 6.45) is 6.22. The van der Waals surface area contributed by atoms with E-state index in [-0.39, 0.29) is 4.90 Å². The third kappa shape index (κ3) is 2.92. The molecule has 106 valence electrons. The number of benzene rings is 1. The lowest BCUT2D eigenvalue weighted by Crippen LogP contribution is -2.12. The van der Waals surface area contributed by atoms with Crippen molar-refractivity contribution >= 4 is 15.7 Å². The number of sulfonamides is 1. The summed E-state index contributed by atoms with van der Waals surface area (Å²) in [5.74, 6) is 0.733. The van der Waals surface area contributed by atoms with Crippen LogP contribution in [0.15, 0.2) is 66.1 Å². The zero-order valence-electron chi connectivity index (χ0n) is 10.9. The van der Waals surface area contributed by atoms with Gasteiger partial charge in [-0.1, -0.05) is 0 Å². The fourth-order valence-corrected chi connectivity index (χ4v) is 2.86. The Kier molecular flexibility index (Phi) is 3.41. The molecule has 0 saturated heterocycles. The summed E-state index contributed by atoms with van der Waals surface area (Å²) in [6, 6.07) is 10.0. The van der Waals surface area contributed by atoms with Crippen LogP contribution in [0.3, 0.4) is 0 Å². The second-order valence-corrected chi connectivity index (χ2v) is 5.99. The van der Waals surface area contributed by atoms with Gasteiger partial charge in [0.25, 0.3) is 10.0 Å². The maximum absolute atomic E-state index is 12.1. The van der Waals surface area contributed by atoms with E-state index < -0.39 is 10.0 Å². The van der Waals surface area contributed by atoms with E-state index in [1.54, 1.807) is 42.7 Å². The maximum Gasteiger partial charge on any atom is 0.263 e. The molecule has 0 unspecified atom stereocenters. The second kappa shape index (κ2) is 5.37. The van der Waals surface area contributed by atoms with Gasteiger partial charge in [0.2, 0.25) is 0 Å². The summed E-state index contributed by atoms with van der Waals surface area (Å²) in [6.45, 7) is 0. The molecule has 0 saturated carbocycles. The lowest BCUT2D eigenvalue weighted by Gasteiger charge is -2.08. The average molecular weight is 300 g/mol. The number of pyridine rings is 1. The van der Waals surface area contributed by atoms with Crippen LogP contribution in [-0.4, -0.2) is 23.4 Å². The van der Waals surface area contributed by atoms with Gasteiger partial charge in [0.05, 0.1) is 0 Å². The van der Waals surface area contributed by atoms with E-state index in [1.165, 1.54) is 18.5 Å². The first-order valence-electron chi connectivity index (χ1n) is 6.18. The topological polar surface area (TPSA) is 87.7 Å². The number of aromatic amines is 1. The van der Waals surface area contributed by atoms with Crippen molar-refractivity contribution in [1.82, 2.24) is 15.0 Å². The molecule has 0 radical (unpaired) electrons. The van der Waals surface area contributed by atoms with Crippen molar-refractivity contribution in [2.24, 2.45) is 0 Å². The predicted octanol–water partition coefficient (Wildman–Crippen LogP) is 2.27. The summed E-state index contributed by atoms with van der Waals surface area (Å²) >= 11 is 0. The molecule has 2 N–H and O–H groups in total. The number of imidazole rings is 1. The molecule has 0 atom stereocenters. The molecule has 0 amide bonds. The van der Waals surface area contributed by atoms with Gasteiger partial charge in [-0.15, -0.1) is 0 Å². The second-order valence-electron chi connectivity index (χ2n) is 4.31. The number of anilines is 1. The SMILES string of the molecule is O=S(=O)(Nc1ccc(-c2ncc[nH]2)cc1)c1cccnc1. The van der Waals surface area contributed by atoms with E-state index in [2.05, 4.69) is 19.7 Å². The highest BCUT2D eigenvalue weighted by Crippen LogP contribution is 2.20. The van der Waals surface area contributed by atoms with Gasteiger partial charge >= 0.3 is 0 Å². The lowest BCUT2D eigenvalue weighted by molar-refractivity contribution is 0.601. The molecule has 3 aromatic rings. The van der Waals surface area contributed by atoms with E-state index >= 15 is 0 Å². The van der Waals surface area contributed by atoms with Crippen LogP contribution in [0.2, 0.25) is 0 Å². The molecule has 0 aliphatic carbocycles. The number of nitrogens with one attached hydrogen (secondary N) is 2. The Labute approximate surface area is 122 Å². The molecule has 0 bridgehead atoms. The molecule has 7 heteroatoms. The van der Waals surface area contributed by atoms with Crippen molar-refractivity contribution < 1.29 is 8.42 Å². The smallest absolute Gasteiger partial charge is 0.263 e. The van der Waals surface area contributed by atoms with Crippen LogP contribution in [0.5, 0.6) is 0 Å². The molecule has 0 fully saturated rings. The fourth-order valence-electron chi connectivity index (χ4n) is 1.84. The summed E-state index contributed by atoms with van der Waals surface area (Å²) in [5.41, 5.74) is 1.36. The van der Waals surface area contributed by atoms with Crippen LogP contribution < -0.4 is 4.72 Å². The van der Waals surface area contributed by atoms with E-state index in [9.17, 15) is 8.42 Å². The van der Waals surface area contributed by atoms with Crippen LogP contribution >= 0.6 is 0 Å². The van der Waals surface area contributed by atoms with Gasteiger partial charge in [0, 0.05) is 36.0 Å². The van der Waals surface area contributed by atoms with Crippen molar-refractivity contribution in [3.63, 3.8) is 0 Å². The van der Waals surface area contributed by atoms with Crippen LogP contribution in [0.4, 0.5) is 5.69 Å². The minimum atomic E-state index is -3.62. The van der Waals surface area contributed by atoms with E-state index in [0.717, 1.165) is 11.4 Å². The van der Waals surface area contributed by atoms with Gasteiger partial charge in [-0.2, -0.15) is 0 Å². The zero-order valence-corrected chi connectivity index (χ0v) is 11.7. The van der Waals surface area contributed by atoms with Crippen molar-refractivity contribution in [3.05, 3.63) is 61.2 Å². The van der Waals surface area contributed by atoms with Crippen molar-refractivity contribution in [2.75, 3.05) is 4.72 Å². The van der Waals surface area contributed by atoms with E-state index in [4.69, 9.17) is 0 Å². The molecule has 0 spiro atoms. The largest absolute Gasteiger partial charge is 0.345 e. The Morgan fingerprint density at radius 1 is 1.05 bits per heavy atom. The Morgan fingerprint density at radius 2 is 1.86 bits per heavy atom. The standard InChI is InChI=1S/C14H12N4O2S/c19-21(20,13-2-1-7-15-10-13)18-12-5-3-11(4-6-12)14-16-8-9-17-14/h1-10,18H,(H,16,17). The number of H-pyrrole nitrogens is 1. The first kappa shape index (κ1) is 13.3. The van der Waals surface area contributed by atoms with Crippen LogP contribution in [0, 0.1) is 0 Å². The molecule has 6 nitrogen and oxygen atoms in total. The van der Waals surface area contributed by atoms with Crippen LogP contribution in [-0.2, 0) is 10.0 Å². The third-order valence-corrected chi connectivity index (χ3v) is 4.22. The van der Waals surface area contributed by atoms with Crippen LogP contribution in [0.25, 0.3) is 11.4 Å². The Hall–Kier alpha value is -2.67. The zero-order chi connectivity index (χ0) is 14.7. The molecule has 3 rings (SSSR count). The minimum absolute atomic E-state index is 0.125. The Morgan fingerprint density at radius 3 is 2.48 bits per heavy atom. The van der Waals surface area contributed by atoms with E-state index in [0.29, 0.717) is 5.69 Å². The van der Waals surface area contributed by atoms with Gasteiger partial charge in [-0.3, -0.25) is 9.71 Å². The third-order valence-electron chi connectivity index (χ3n) is 2.85. The number of aromatic nitrogens is 3. The monoisotopic (exact) mass is 300 g/mol. The number of nitrogens with zero attached hydrogens (tertiary/aromatic N) is 2. The summed E-state index contributed by atoms with van der Waals surface area (Å²) in [5, 5.41) is 0. The molecule has 0 aliphatic heterocycles. The number of rotatable bonds is 4. The Balaban J connectivity index is 1.83. The predicted molar refractivity (Wildman–Crippen MR) is 79.1 cm³/mol. The summed E-state index contributed by atoms with van der Waals surface area (Å²) in [7, 11) is -3.62. The number of hydrogen-bond donors (Lipinski definition) is 2. The summed E-state index contributed by atoms with van der Waals surface area (Å²) in [4.78, 5) is 11.1. The molecule has 1 aromatic carbocycles. The van der Waals surface area contributed by atoms with Gasteiger partial charge in [0.15, 0.2) is 0 Å².